The minimum Gasteiger partial charge on any atom is -0.325 e. The quantitative estimate of drug-likeness (QED) is 0.604. The van der Waals surface area contributed by atoms with Crippen molar-refractivity contribution in [3.63, 3.8) is 0 Å². The Kier molecular flexibility index (Phi) is 7.27. The summed E-state index contributed by atoms with van der Waals surface area (Å²) in [7, 11) is 0. The van der Waals surface area contributed by atoms with Crippen LogP contribution < -0.4 is 10.6 Å². The van der Waals surface area contributed by atoms with Crippen molar-refractivity contribution in [2.24, 2.45) is 0 Å². The van der Waals surface area contributed by atoms with Gasteiger partial charge in [0.25, 0.3) is 0 Å². The summed E-state index contributed by atoms with van der Waals surface area (Å²) in [5.41, 5.74) is 3.88. The second kappa shape index (κ2) is 10.7. The van der Waals surface area contributed by atoms with Gasteiger partial charge in [0.1, 0.15) is 0 Å². The smallest absolute Gasteiger partial charge is 0.238 e. The van der Waals surface area contributed by atoms with Crippen molar-refractivity contribution < 1.29 is 9.59 Å². The maximum absolute atomic E-state index is 12.5. The lowest BCUT2D eigenvalue weighted by molar-refractivity contribution is -0.120. The highest BCUT2D eigenvalue weighted by Gasteiger charge is 2.20. The van der Waals surface area contributed by atoms with Gasteiger partial charge in [-0.15, -0.1) is 0 Å². The minimum atomic E-state index is -0.0206. The minimum absolute atomic E-state index is 0.0126. The van der Waals surface area contributed by atoms with Crippen molar-refractivity contribution in [3.05, 3.63) is 84.9 Å². The summed E-state index contributed by atoms with van der Waals surface area (Å²) in [5, 5.41) is 5.90. The number of nitrogens with zero attached hydrogens (tertiary/aromatic N) is 2. The van der Waals surface area contributed by atoms with Gasteiger partial charge >= 0.3 is 0 Å². The molecule has 0 radical (unpaired) electrons. The highest BCUT2D eigenvalue weighted by Crippen LogP contribution is 2.21. The predicted molar refractivity (Wildman–Crippen MR) is 128 cm³/mol. The van der Waals surface area contributed by atoms with Crippen LogP contribution in [0.5, 0.6) is 0 Å². The molecule has 6 heteroatoms. The SMILES string of the molecule is O=C(CN1CCN(CC(=O)Nc2ccc(-c3ccccc3)cc2)CC1)Nc1ccccc1. The molecule has 2 N–H and O–H groups in total. The van der Waals surface area contributed by atoms with Gasteiger partial charge in [0, 0.05) is 37.6 Å². The Morgan fingerprint density at radius 1 is 0.562 bits per heavy atom. The molecular weight excluding hydrogens is 400 g/mol. The fourth-order valence-electron chi connectivity index (χ4n) is 3.81. The standard InChI is InChI=1S/C26H28N4O2/c31-25(27-23-9-5-2-6-10-23)19-29-15-17-30(18-16-29)20-26(32)28-24-13-11-22(12-14-24)21-7-3-1-4-8-21/h1-14H,15-20H2,(H,27,31)(H,28,32). The largest absolute Gasteiger partial charge is 0.325 e. The van der Waals surface area contributed by atoms with Gasteiger partial charge in [0.15, 0.2) is 0 Å². The van der Waals surface area contributed by atoms with E-state index in [9.17, 15) is 9.59 Å². The van der Waals surface area contributed by atoms with Crippen LogP contribution in [0.3, 0.4) is 0 Å². The number of anilines is 2. The molecule has 3 aromatic carbocycles. The van der Waals surface area contributed by atoms with E-state index in [1.807, 2.05) is 72.8 Å². The van der Waals surface area contributed by atoms with Gasteiger partial charge in [0.05, 0.1) is 13.1 Å². The van der Waals surface area contributed by atoms with Gasteiger partial charge in [-0.05, 0) is 35.4 Å². The molecule has 164 valence electrons. The highest BCUT2D eigenvalue weighted by atomic mass is 16.2. The average Bonchev–Trinajstić information content (AvgIpc) is 2.82. The van der Waals surface area contributed by atoms with Crippen LogP contribution in [0.2, 0.25) is 0 Å². The van der Waals surface area contributed by atoms with Crippen LogP contribution in [0.1, 0.15) is 0 Å². The van der Waals surface area contributed by atoms with Crippen molar-refractivity contribution in [1.29, 1.82) is 0 Å². The second-order valence-electron chi connectivity index (χ2n) is 7.96. The zero-order valence-electron chi connectivity index (χ0n) is 18.0. The number of nitrogens with one attached hydrogen (secondary N) is 2. The molecule has 1 aliphatic rings. The molecule has 0 atom stereocenters. The molecule has 4 rings (SSSR count). The van der Waals surface area contributed by atoms with E-state index in [4.69, 9.17) is 0 Å². The molecule has 0 spiro atoms. The zero-order chi connectivity index (χ0) is 22.2. The van der Waals surface area contributed by atoms with Crippen LogP contribution in [0, 0.1) is 0 Å². The number of rotatable bonds is 7. The number of carbonyl (C=O) groups excluding carboxylic acids is 2. The monoisotopic (exact) mass is 428 g/mol. The van der Waals surface area contributed by atoms with E-state index in [0.29, 0.717) is 13.1 Å². The molecular formula is C26H28N4O2. The molecule has 0 bridgehead atoms. The molecule has 0 unspecified atom stereocenters. The first kappa shape index (κ1) is 21.7. The van der Waals surface area contributed by atoms with E-state index >= 15 is 0 Å². The fourth-order valence-corrected chi connectivity index (χ4v) is 3.81. The molecule has 1 aliphatic heterocycles. The summed E-state index contributed by atoms with van der Waals surface area (Å²) in [6.07, 6.45) is 0. The van der Waals surface area contributed by atoms with Crippen LogP contribution in [0.25, 0.3) is 11.1 Å². The fraction of sp³-hybridized carbons (Fsp3) is 0.231. The summed E-state index contributed by atoms with van der Waals surface area (Å²) in [4.78, 5) is 28.9. The summed E-state index contributed by atoms with van der Waals surface area (Å²) in [5.74, 6) is -0.0333. The predicted octanol–water partition coefficient (Wildman–Crippen LogP) is 3.55. The molecule has 6 nitrogen and oxygen atoms in total. The first-order chi connectivity index (χ1) is 15.7. The van der Waals surface area contributed by atoms with Gasteiger partial charge < -0.3 is 10.6 Å². The van der Waals surface area contributed by atoms with Crippen LogP contribution in [-0.4, -0.2) is 60.9 Å². The Hall–Kier alpha value is -3.48. The number of amides is 2. The zero-order valence-corrected chi connectivity index (χ0v) is 18.0. The molecule has 32 heavy (non-hydrogen) atoms. The molecule has 1 saturated heterocycles. The maximum atomic E-state index is 12.5. The van der Waals surface area contributed by atoms with Crippen molar-refractivity contribution in [3.8, 4) is 11.1 Å². The first-order valence-corrected chi connectivity index (χ1v) is 10.9. The van der Waals surface area contributed by atoms with Crippen molar-refractivity contribution in [2.45, 2.75) is 0 Å². The normalized spacial score (nSPS) is 14.6. The van der Waals surface area contributed by atoms with E-state index in [2.05, 4.69) is 32.6 Å². The first-order valence-electron chi connectivity index (χ1n) is 10.9. The number of benzene rings is 3. The Morgan fingerprint density at radius 2 is 0.969 bits per heavy atom. The topological polar surface area (TPSA) is 64.7 Å². The number of hydrogen-bond donors (Lipinski definition) is 2. The molecule has 1 fully saturated rings. The Morgan fingerprint density at radius 3 is 1.47 bits per heavy atom. The summed E-state index contributed by atoms with van der Waals surface area (Å²) in [6, 6.07) is 27.5. The van der Waals surface area contributed by atoms with Crippen LogP contribution in [-0.2, 0) is 9.59 Å². The lowest BCUT2D eigenvalue weighted by Gasteiger charge is -2.33. The van der Waals surface area contributed by atoms with Crippen LogP contribution in [0.15, 0.2) is 84.9 Å². The molecule has 0 aliphatic carbocycles. The number of para-hydroxylation sites is 1. The van der Waals surface area contributed by atoms with Gasteiger partial charge in [-0.3, -0.25) is 19.4 Å². The van der Waals surface area contributed by atoms with E-state index in [1.165, 1.54) is 0 Å². The second-order valence-corrected chi connectivity index (χ2v) is 7.96. The molecule has 3 aromatic rings. The number of piperazine rings is 1. The lowest BCUT2D eigenvalue weighted by atomic mass is 10.1. The Bertz CT molecular complexity index is 1010. The van der Waals surface area contributed by atoms with E-state index < -0.39 is 0 Å². The highest BCUT2D eigenvalue weighted by molar-refractivity contribution is 5.93. The third-order valence-corrected chi connectivity index (χ3v) is 5.53. The number of carbonyl (C=O) groups is 2. The number of hydrogen-bond acceptors (Lipinski definition) is 4. The molecule has 0 saturated carbocycles. The van der Waals surface area contributed by atoms with Crippen molar-refractivity contribution >= 4 is 23.2 Å². The van der Waals surface area contributed by atoms with Gasteiger partial charge in [-0.25, -0.2) is 0 Å². The Labute approximate surface area is 188 Å². The molecule has 2 amide bonds. The summed E-state index contributed by atoms with van der Waals surface area (Å²) >= 11 is 0. The van der Waals surface area contributed by atoms with Gasteiger partial charge in [-0.2, -0.15) is 0 Å². The third-order valence-electron chi connectivity index (χ3n) is 5.53. The lowest BCUT2D eigenvalue weighted by Crippen LogP contribution is -2.50. The van der Waals surface area contributed by atoms with E-state index in [1.54, 1.807) is 0 Å². The van der Waals surface area contributed by atoms with Crippen LogP contribution in [0.4, 0.5) is 11.4 Å². The van der Waals surface area contributed by atoms with Crippen molar-refractivity contribution in [2.75, 3.05) is 49.9 Å². The van der Waals surface area contributed by atoms with Gasteiger partial charge in [-0.1, -0.05) is 60.7 Å². The molecule has 1 heterocycles. The van der Waals surface area contributed by atoms with Crippen LogP contribution >= 0.6 is 0 Å². The Balaban J connectivity index is 1.19. The summed E-state index contributed by atoms with van der Waals surface area (Å²) in [6.45, 7) is 3.77. The average molecular weight is 429 g/mol. The van der Waals surface area contributed by atoms with Crippen molar-refractivity contribution in [1.82, 2.24) is 9.80 Å². The van der Waals surface area contributed by atoms with Gasteiger partial charge in [0.2, 0.25) is 11.8 Å². The third kappa shape index (κ3) is 6.26. The maximum Gasteiger partial charge on any atom is 0.238 e. The van der Waals surface area contributed by atoms with E-state index in [-0.39, 0.29) is 11.8 Å². The summed E-state index contributed by atoms with van der Waals surface area (Å²) < 4.78 is 0. The molecule has 0 aromatic heterocycles. The van der Waals surface area contributed by atoms with E-state index in [0.717, 1.165) is 48.7 Å².